The normalized spacial score (nSPS) is 11.2. The monoisotopic (exact) mass is 420 g/mol. The first-order valence-electron chi connectivity index (χ1n) is 8.32. The lowest BCUT2D eigenvalue weighted by molar-refractivity contribution is 0.102. The predicted molar refractivity (Wildman–Crippen MR) is 103 cm³/mol. The Balaban J connectivity index is 1.93. The molecule has 3 rings (SSSR count). The minimum atomic E-state index is -4.63. The number of hydrogen-bond donors (Lipinski definition) is 2. The summed E-state index contributed by atoms with van der Waals surface area (Å²) in [6, 6.07) is 13.7. The third-order valence-electron chi connectivity index (χ3n) is 3.98. The van der Waals surface area contributed by atoms with Gasteiger partial charge >= 0.3 is 0 Å². The summed E-state index contributed by atoms with van der Waals surface area (Å²) < 4.78 is 67.5. The maximum atomic E-state index is 13.9. The van der Waals surface area contributed by atoms with Crippen molar-refractivity contribution < 1.29 is 26.4 Å². The highest BCUT2D eigenvalue weighted by Gasteiger charge is 2.25. The van der Waals surface area contributed by atoms with Gasteiger partial charge in [0.25, 0.3) is 15.9 Å². The number of benzene rings is 3. The SMILES string of the molecule is Cc1cccc(NC(=O)c2ccccc2NS(=O)(=O)c2ccc(F)c(F)c2F)c1. The lowest BCUT2D eigenvalue weighted by Gasteiger charge is -2.13. The number of halogens is 3. The van der Waals surface area contributed by atoms with Gasteiger partial charge in [-0.25, -0.2) is 21.6 Å². The van der Waals surface area contributed by atoms with E-state index in [1.165, 1.54) is 24.3 Å². The first kappa shape index (κ1) is 20.4. The van der Waals surface area contributed by atoms with Gasteiger partial charge in [-0.2, -0.15) is 0 Å². The van der Waals surface area contributed by atoms with Crippen LogP contribution >= 0.6 is 0 Å². The zero-order valence-electron chi connectivity index (χ0n) is 15.0. The first-order chi connectivity index (χ1) is 13.7. The summed E-state index contributed by atoms with van der Waals surface area (Å²) in [5.41, 5.74) is 1.22. The number of nitrogens with one attached hydrogen (secondary N) is 2. The highest BCUT2D eigenvalue weighted by molar-refractivity contribution is 7.92. The minimum Gasteiger partial charge on any atom is -0.322 e. The molecule has 0 heterocycles. The van der Waals surface area contributed by atoms with Gasteiger partial charge in [0.2, 0.25) is 0 Å². The summed E-state index contributed by atoms with van der Waals surface area (Å²) >= 11 is 0. The van der Waals surface area contributed by atoms with Crippen LogP contribution in [0.5, 0.6) is 0 Å². The van der Waals surface area contributed by atoms with E-state index in [1.807, 2.05) is 13.0 Å². The second-order valence-corrected chi connectivity index (χ2v) is 7.80. The molecule has 0 atom stereocenters. The molecular formula is C20H15F3N2O3S. The van der Waals surface area contributed by atoms with Crippen molar-refractivity contribution in [3.8, 4) is 0 Å². The van der Waals surface area contributed by atoms with E-state index >= 15 is 0 Å². The maximum Gasteiger partial charge on any atom is 0.264 e. The quantitative estimate of drug-likeness (QED) is 0.599. The molecule has 0 aliphatic rings. The fourth-order valence-corrected chi connectivity index (χ4v) is 3.76. The van der Waals surface area contributed by atoms with Gasteiger partial charge in [0, 0.05) is 5.69 Å². The molecule has 9 heteroatoms. The number of carbonyl (C=O) groups excluding carboxylic acids is 1. The fraction of sp³-hybridized carbons (Fsp3) is 0.0500. The average molecular weight is 420 g/mol. The van der Waals surface area contributed by atoms with E-state index in [2.05, 4.69) is 10.0 Å². The molecule has 2 N–H and O–H groups in total. The number of aryl methyl sites for hydroxylation is 1. The number of sulfonamides is 1. The van der Waals surface area contributed by atoms with Crippen molar-refractivity contribution in [3.63, 3.8) is 0 Å². The zero-order chi connectivity index (χ0) is 21.2. The average Bonchev–Trinajstić information content (AvgIpc) is 2.66. The van der Waals surface area contributed by atoms with Crippen molar-refractivity contribution >= 4 is 27.3 Å². The van der Waals surface area contributed by atoms with Crippen LogP contribution in [0.4, 0.5) is 24.5 Å². The van der Waals surface area contributed by atoms with Gasteiger partial charge < -0.3 is 5.32 Å². The number of amides is 1. The Morgan fingerprint density at radius 1 is 0.897 bits per heavy atom. The van der Waals surface area contributed by atoms with Crippen LogP contribution in [0, 0.1) is 24.4 Å². The summed E-state index contributed by atoms with van der Waals surface area (Å²) in [6.07, 6.45) is 0. The molecule has 0 unspecified atom stereocenters. The summed E-state index contributed by atoms with van der Waals surface area (Å²) in [5, 5.41) is 2.64. The van der Waals surface area contributed by atoms with Crippen molar-refractivity contribution in [1.29, 1.82) is 0 Å². The molecule has 1 amide bonds. The molecule has 0 saturated carbocycles. The molecule has 3 aromatic carbocycles. The molecular weight excluding hydrogens is 405 g/mol. The molecule has 3 aromatic rings. The molecule has 0 radical (unpaired) electrons. The van der Waals surface area contributed by atoms with Crippen LogP contribution in [0.2, 0.25) is 0 Å². The van der Waals surface area contributed by atoms with Gasteiger partial charge in [-0.15, -0.1) is 0 Å². The number of anilines is 2. The Morgan fingerprint density at radius 3 is 2.34 bits per heavy atom. The molecule has 0 saturated heterocycles. The Morgan fingerprint density at radius 2 is 1.62 bits per heavy atom. The van der Waals surface area contributed by atoms with Gasteiger partial charge in [0.15, 0.2) is 17.5 Å². The van der Waals surface area contributed by atoms with E-state index in [1.54, 1.807) is 18.2 Å². The lowest BCUT2D eigenvalue weighted by Crippen LogP contribution is -2.20. The third-order valence-corrected chi connectivity index (χ3v) is 5.36. The van der Waals surface area contributed by atoms with Crippen LogP contribution < -0.4 is 10.0 Å². The van der Waals surface area contributed by atoms with Gasteiger partial charge in [-0.1, -0.05) is 24.3 Å². The minimum absolute atomic E-state index is 0.0411. The van der Waals surface area contributed by atoms with Gasteiger partial charge in [0.1, 0.15) is 4.90 Å². The Hall–Kier alpha value is -3.33. The van der Waals surface area contributed by atoms with Crippen LogP contribution in [-0.2, 0) is 10.0 Å². The summed E-state index contributed by atoms with van der Waals surface area (Å²) in [4.78, 5) is 11.5. The van der Waals surface area contributed by atoms with Crippen molar-refractivity contribution in [2.45, 2.75) is 11.8 Å². The molecule has 29 heavy (non-hydrogen) atoms. The van der Waals surface area contributed by atoms with Gasteiger partial charge in [0.05, 0.1) is 11.3 Å². The molecule has 0 fully saturated rings. The maximum absolute atomic E-state index is 13.9. The van der Waals surface area contributed by atoms with Crippen molar-refractivity contribution in [2.24, 2.45) is 0 Å². The number of carbonyl (C=O) groups is 1. The Kier molecular flexibility index (Phi) is 5.60. The second kappa shape index (κ2) is 7.96. The highest BCUT2D eigenvalue weighted by atomic mass is 32.2. The van der Waals surface area contributed by atoms with Crippen LogP contribution in [0.15, 0.2) is 65.6 Å². The summed E-state index contributed by atoms with van der Waals surface area (Å²) in [6.45, 7) is 1.84. The summed E-state index contributed by atoms with van der Waals surface area (Å²) in [5.74, 6) is -5.88. The van der Waals surface area contributed by atoms with Crippen molar-refractivity contribution in [2.75, 3.05) is 10.0 Å². The lowest BCUT2D eigenvalue weighted by atomic mass is 10.1. The van der Waals surface area contributed by atoms with Crippen LogP contribution in [0.3, 0.4) is 0 Å². The van der Waals surface area contributed by atoms with Gasteiger partial charge in [-0.3, -0.25) is 9.52 Å². The second-order valence-electron chi connectivity index (χ2n) is 6.15. The smallest absolute Gasteiger partial charge is 0.264 e. The molecule has 5 nitrogen and oxygen atoms in total. The van der Waals surface area contributed by atoms with Gasteiger partial charge in [-0.05, 0) is 48.9 Å². The summed E-state index contributed by atoms with van der Waals surface area (Å²) in [7, 11) is -4.63. The molecule has 0 aliphatic carbocycles. The highest BCUT2D eigenvalue weighted by Crippen LogP contribution is 2.25. The molecule has 0 aliphatic heterocycles. The first-order valence-corrected chi connectivity index (χ1v) is 9.81. The van der Waals surface area contributed by atoms with E-state index in [0.29, 0.717) is 17.8 Å². The molecule has 0 aromatic heterocycles. The van der Waals surface area contributed by atoms with Crippen LogP contribution in [-0.4, -0.2) is 14.3 Å². The largest absolute Gasteiger partial charge is 0.322 e. The molecule has 0 bridgehead atoms. The van der Waals surface area contributed by atoms with Crippen molar-refractivity contribution in [1.82, 2.24) is 0 Å². The number of rotatable bonds is 5. The number of hydrogen-bond acceptors (Lipinski definition) is 3. The third kappa shape index (κ3) is 4.40. The van der Waals surface area contributed by atoms with Crippen LogP contribution in [0.25, 0.3) is 0 Å². The Labute approximate surface area is 165 Å². The zero-order valence-corrected chi connectivity index (χ0v) is 15.9. The molecule has 150 valence electrons. The Bertz CT molecular complexity index is 1200. The predicted octanol–water partition coefficient (Wildman–Crippen LogP) is 4.47. The number of para-hydroxylation sites is 1. The van der Waals surface area contributed by atoms with E-state index in [0.717, 1.165) is 5.56 Å². The standard InChI is InChI=1S/C20H15F3N2O3S/c1-12-5-4-6-13(11-12)24-20(26)14-7-2-3-8-16(14)25-29(27,28)17-10-9-15(21)18(22)19(17)23/h2-11,25H,1H3,(H,24,26). The van der Waals surface area contributed by atoms with Crippen molar-refractivity contribution in [3.05, 3.63) is 89.2 Å². The van der Waals surface area contributed by atoms with Crippen LogP contribution in [0.1, 0.15) is 15.9 Å². The fourth-order valence-electron chi connectivity index (χ4n) is 2.61. The topological polar surface area (TPSA) is 75.3 Å². The van der Waals surface area contributed by atoms with E-state index in [4.69, 9.17) is 0 Å². The van der Waals surface area contributed by atoms with E-state index < -0.39 is 38.3 Å². The van der Waals surface area contributed by atoms with E-state index in [9.17, 15) is 26.4 Å². The van der Waals surface area contributed by atoms with E-state index in [-0.39, 0.29) is 11.3 Å². The molecule has 0 spiro atoms.